The van der Waals surface area contributed by atoms with Gasteiger partial charge in [-0.1, -0.05) is 0 Å². The largest absolute Gasteiger partial charge is 0.394 e. The van der Waals surface area contributed by atoms with Crippen molar-refractivity contribution in [2.45, 2.75) is 45.4 Å². The Kier molecular flexibility index (Phi) is 3.49. The minimum Gasteiger partial charge on any atom is -0.394 e. The van der Waals surface area contributed by atoms with Gasteiger partial charge in [-0.15, -0.1) is 0 Å². The summed E-state index contributed by atoms with van der Waals surface area (Å²) in [6.07, 6.45) is 0.477. The predicted octanol–water partition coefficient (Wildman–Crippen LogP) is 0.745. The number of nitrogens with one attached hydrogen (secondary N) is 1. The second-order valence-corrected chi connectivity index (χ2v) is 4.88. The lowest BCUT2D eigenvalue weighted by Crippen LogP contribution is -2.43. The fourth-order valence-corrected chi connectivity index (χ4v) is 2.25. The lowest BCUT2D eigenvalue weighted by atomic mass is 9.97. The topological polar surface area (TPSA) is 85.3 Å². The molecule has 1 aromatic rings. The first-order valence-corrected chi connectivity index (χ1v) is 6.38. The highest BCUT2D eigenvalue weighted by Gasteiger charge is 2.39. The van der Waals surface area contributed by atoms with Crippen LogP contribution in [0.1, 0.15) is 26.0 Å². The van der Waals surface area contributed by atoms with Crippen molar-refractivity contribution in [3.8, 4) is 0 Å². The number of nitrogens with two attached hydrogens (primary N) is 1. The molecule has 0 amide bonds. The third-order valence-electron chi connectivity index (χ3n) is 3.69. The Bertz CT molecular complexity index is 432. The Morgan fingerprint density at radius 1 is 1.67 bits per heavy atom. The molecule has 1 aromatic heterocycles. The van der Waals surface area contributed by atoms with E-state index in [1.165, 1.54) is 0 Å². The molecule has 1 aliphatic rings. The maximum Gasteiger partial charge on any atom is 0.148 e. The number of aryl methyl sites for hydroxylation is 2. The molecule has 0 spiro atoms. The average molecular weight is 254 g/mol. The van der Waals surface area contributed by atoms with E-state index in [9.17, 15) is 5.11 Å². The second kappa shape index (κ2) is 4.78. The van der Waals surface area contributed by atoms with E-state index in [0.717, 1.165) is 18.1 Å². The first kappa shape index (κ1) is 13.2. The first-order valence-electron chi connectivity index (χ1n) is 6.38. The lowest BCUT2D eigenvalue weighted by molar-refractivity contribution is -0.0176. The van der Waals surface area contributed by atoms with E-state index in [1.54, 1.807) is 0 Å². The van der Waals surface area contributed by atoms with Gasteiger partial charge in [-0.3, -0.25) is 0 Å². The summed E-state index contributed by atoms with van der Waals surface area (Å²) in [5, 5.41) is 18.0. The van der Waals surface area contributed by atoms with Crippen molar-refractivity contribution in [3.05, 3.63) is 5.69 Å². The van der Waals surface area contributed by atoms with Crippen molar-refractivity contribution in [1.29, 1.82) is 0 Å². The van der Waals surface area contributed by atoms with E-state index in [-0.39, 0.29) is 6.10 Å². The maximum absolute atomic E-state index is 10.4. The Labute approximate surface area is 107 Å². The van der Waals surface area contributed by atoms with Crippen LogP contribution < -0.4 is 11.1 Å². The van der Waals surface area contributed by atoms with Crippen LogP contribution in [0.2, 0.25) is 0 Å². The van der Waals surface area contributed by atoms with Crippen molar-refractivity contribution in [3.63, 3.8) is 0 Å². The highest BCUT2D eigenvalue weighted by molar-refractivity contribution is 5.64. The minimum absolute atomic E-state index is 0.162. The number of ether oxygens (including phenoxy) is 1. The van der Waals surface area contributed by atoms with Gasteiger partial charge in [-0.05, 0) is 20.8 Å². The number of nitrogen functional groups attached to an aromatic ring is 1. The van der Waals surface area contributed by atoms with Crippen molar-refractivity contribution in [2.75, 3.05) is 24.2 Å². The molecule has 18 heavy (non-hydrogen) atoms. The van der Waals surface area contributed by atoms with Crippen LogP contribution in [0, 0.1) is 6.92 Å². The summed E-state index contributed by atoms with van der Waals surface area (Å²) in [7, 11) is 0. The van der Waals surface area contributed by atoms with Crippen LogP contribution in [0.5, 0.6) is 0 Å². The van der Waals surface area contributed by atoms with Gasteiger partial charge in [0.2, 0.25) is 0 Å². The van der Waals surface area contributed by atoms with E-state index in [2.05, 4.69) is 10.4 Å². The highest BCUT2D eigenvalue weighted by atomic mass is 16.5. The van der Waals surface area contributed by atoms with Gasteiger partial charge in [-0.25, -0.2) is 4.68 Å². The van der Waals surface area contributed by atoms with Gasteiger partial charge in [0.05, 0.1) is 17.5 Å². The zero-order valence-corrected chi connectivity index (χ0v) is 11.2. The van der Waals surface area contributed by atoms with Gasteiger partial charge in [0.1, 0.15) is 11.4 Å². The first-order chi connectivity index (χ1) is 8.48. The molecule has 102 valence electrons. The molecule has 2 heterocycles. The normalized spacial score (nSPS) is 27.7. The molecular formula is C12H22N4O2. The van der Waals surface area contributed by atoms with E-state index in [1.807, 2.05) is 25.5 Å². The molecule has 1 saturated heterocycles. The van der Waals surface area contributed by atoms with Crippen LogP contribution in [0.25, 0.3) is 0 Å². The average Bonchev–Trinajstić information content (AvgIpc) is 2.80. The molecule has 0 aliphatic carbocycles. The Morgan fingerprint density at radius 2 is 2.39 bits per heavy atom. The van der Waals surface area contributed by atoms with Gasteiger partial charge in [0, 0.05) is 26.1 Å². The van der Waals surface area contributed by atoms with Crippen LogP contribution >= 0.6 is 0 Å². The van der Waals surface area contributed by atoms with Crippen molar-refractivity contribution < 1.29 is 9.84 Å². The molecule has 2 unspecified atom stereocenters. The summed E-state index contributed by atoms with van der Waals surface area (Å²) in [6, 6.07) is 0. The molecule has 1 fully saturated rings. The fourth-order valence-electron chi connectivity index (χ4n) is 2.25. The fraction of sp³-hybridized carbons (Fsp3) is 0.750. The van der Waals surface area contributed by atoms with Crippen LogP contribution in [-0.4, -0.2) is 39.7 Å². The van der Waals surface area contributed by atoms with Crippen LogP contribution in [0.3, 0.4) is 0 Å². The molecule has 2 rings (SSSR count). The SMILES string of the molecule is CCn1nc(C)c(N)c1NCC1(O)CCOC1C. The van der Waals surface area contributed by atoms with Gasteiger partial charge < -0.3 is 20.9 Å². The van der Waals surface area contributed by atoms with Crippen molar-refractivity contribution in [2.24, 2.45) is 0 Å². The van der Waals surface area contributed by atoms with E-state index < -0.39 is 5.60 Å². The van der Waals surface area contributed by atoms with Crippen molar-refractivity contribution >= 4 is 11.5 Å². The van der Waals surface area contributed by atoms with E-state index >= 15 is 0 Å². The monoisotopic (exact) mass is 254 g/mol. The zero-order valence-electron chi connectivity index (χ0n) is 11.2. The van der Waals surface area contributed by atoms with Crippen molar-refractivity contribution in [1.82, 2.24) is 9.78 Å². The van der Waals surface area contributed by atoms with Gasteiger partial charge in [0.25, 0.3) is 0 Å². The number of rotatable bonds is 4. The standard InChI is InChI=1S/C12H22N4O2/c1-4-16-11(10(13)8(2)15-16)14-7-12(17)5-6-18-9(12)3/h9,14,17H,4-7,13H2,1-3H3. The van der Waals surface area contributed by atoms with E-state index in [4.69, 9.17) is 10.5 Å². The quantitative estimate of drug-likeness (QED) is 0.738. The number of hydrogen-bond donors (Lipinski definition) is 3. The van der Waals surface area contributed by atoms with Crippen LogP contribution in [0.15, 0.2) is 0 Å². The van der Waals surface area contributed by atoms with E-state index in [0.29, 0.717) is 25.3 Å². The maximum atomic E-state index is 10.4. The molecule has 4 N–H and O–H groups in total. The number of aliphatic hydroxyl groups is 1. The molecule has 0 radical (unpaired) electrons. The number of aromatic nitrogens is 2. The molecule has 0 bridgehead atoms. The van der Waals surface area contributed by atoms with Crippen LogP contribution in [0.4, 0.5) is 11.5 Å². The smallest absolute Gasteiger partial charge is 0.148 e. The summed E-state index contributed by atoms with van der Waals surface area (Å²) < 4.78 is 7.22. The third-order valence-corrected chi connectivity index (χ3v) is 3.69. The van der Waals surface area contributed by atoms with Gasteiger partial charge in [0.15, 0.2) is 0 Å². The molecule has 0 aromatic carbocycles. The molecular weight excluding hydrogens is 232 g/mol. The summed E-state index contributed by atoms with van der Waals surface area (Å²) >= 11 is 0. The Hall–Kier alpha value is -1.27. The van der Waals surface area contributed by atoms with Crippen LogP contribution in [-0.2, 0) is 11.3 Å². The Balaban J connectivity index is 2.10. The van der Waals surface area contributed by atoms with Gasteiger partial charge in [-0.2, -0.15) is 5.10 Å². The number of anilines is 2. The third kappa shape index (κ3) is 2.18. The number of hydrogen-bond acceptors (Lipinski definition) is 5. The molecule has 2 atom stereocenters. The molecule has 6 heteroatoms. The number of nitrogens with zero attached hydrogens (tertiary/aromatic N) is 2. The lowest BCUT2D eigenvalue weighted by Gasteiger charge is -2.26. The molecule has 6 nitrogen and oxygen atoms in total. The second-order valence-electron chi connectivity index (χ2n) is 4.88. The summed E-state index contributed by atoms with van der Waals surface area (Å²) in [6.45, 7) is 7.53. The summed E-state index contributed by atoms with van der Waals surface area (Å²) in [5.41, 5.74) is 6.61. The highest BCUT2D eigenvalue weighted by Crippen LogP contribution is 2.28. The minimum atomic E-state index is -0.830. The summed E-state index contributed by atoms with van der Waals surface area (Å²) in [4.78, 5) is 0. The summed E-state index contributed by atoms with van der Waals surface area (Å²) in [5.74, 6) is 0.780. The zero-order chi connectivity index (χ0) is 13.3. The molecule has 1 aliphatic heterocycles. The predicted molar refractivity (Wildman–Crippen MR) is 70.5 cm³/mol. The van der Waals surface area contributed by atoms with Gasteiger partial charge >= 0.3 is 0 Å². The molecule has 0 saturated carbocycles. The Morgan fingerprint density at radius 3 is 2.94 bits per heavy atom.